The monoisotopic (exact) mass is 232 g/mol. The fourth-order valence-electron chi connectivity index (χ4n) is 2.11. The van der Waals surface area contributed by atoms with Gasteiger partial charge in [0.05, 0.1) is 12.1 Å². The van der Waals surface area contributed by atoms with Crippen molar-refractivity contribution in [3.05, 3.63) is 0 Å². The third-order valence-corrected chi connectivity index (χ3v) is 4.31. The fourth-order valence-corrected chi connectivity index (χ4v) is 3.12. The highest BCUT2D eigenvalue weighted by Crippen LogP contribution is 2.24. The van der Waals surface area contributed by atoms with Gasteiger partial charge in [0.25, 0.3) is 0 Å². The minimum atomic E-state index is 0.0103. The number of hydrogen-bond donors (Lipinski definition) is 1. The molecule has 0 radical (unpaired) electrons. The molecule has 0 aromatic rings. The van der Waals surface area contributed by atoms with E-state index in [0.29, 0.717) is 12.6 Å². The van der Waals surface area contributed by atoms with E-state index in [1.807, 2.05) is 18.7 Å². The second-order valence-corrected chi connectivity index (χ2v) is 5.61. The first-order chi connectivity index (χ1) is 7.14. The van der Waals surface area contributed by atoms with E-state index in [1.54, 1.807) is 0 Å². The molecule has 2 atom stereocenters. The van der Waals surface area contributed by atoms with Gasteiger partial charge >= 0.3 is 0 Å². The molecule has 1 heterocycles. The summed E-state index contributed by atoms with van der Waals surface area (Å²) in [5, 5.41) is 0. The molecule has 1 aliphatic rings. The number of thioether (sulfide) groups is 1. The minimum absolute atomic E-state index is 0.0103. The Kier molecular flexibility index (Phi) is 5.39. The van der Waals surface area contributed by atoms with E-state index in [1.165, 1.54) is 11.5 Å². The van der Waals surface area contributed by atoms with E-state index < -0.39 is 0 Å². The van der Waals surface area contributed by atoms with Crippen LogP contribution in [0.5, 0.6) is 0 Å². The van der Waals surface area contributed by atoms with Crippen molar-refractivity contribution in [2.75, 3.05) is 37.8 Å². The third kappa shape index (κ3) is 3.34. The lowest BCUT2D eigenvalue weighted by molar-refractivity contribution is -0.00331. The van der Waals surface area contributed by atoms with Gasteiger partial charge in [0, 0.05) is 37.2 Å². The van der Waals surface area contributed by atoms with Crippen molar-refractivity contribution in [3.63, 3.8) is 0 Å². The number of rotatable bonds is 5. The molecule has 2 unspecified atom stereocenters. The summed E-state index contributed by atoms with van der Waals surface area (Å²) in [6.45, 7) is 9.85. The van der Waals surface area contributed by atoms with E-state index in [-0.39, 0.29) is 5.54 Å². The van der Waals surface area contributed by atoms with Gasteiger partial charge in [0.1, 0.15) is 0 Å². The number of hydrogen-bond acceptors (Lipinski definition) is 4. The highest BCUT2D eigenvalue weighted by atomic mass is 32.2. The van der Waals surface area contributed by atoms with Gasteiger partial charge in [-0.3, -0.25) is 4.90 Å². The lowest BCUT2D eigenvalue weighted by Gasteiger charge is -2.46. The molecule has 4 heteroatoms. The van der Waals surface area contributed by atoms with E-state index in [4.69, 9.17) is 10.5 Å². The van der Waals surface area contributed by atoms with Crippen LogP contribution in [0, 0.1) is 0 Å². The topological polar surface area (TPSA) is 38.5 Å². The first-order valence-corrected chi connectivity index (χ1v) is 6.92. The Bertz CT molecular complexity index is 191. The van der Waals surface area contributed by atoms with Gasteiger partial charge in [-0.15, -0.1) is 0 Å². The predicted molar refractivity (Wildman–Crippen MR) is 67.4 cm³/mol. The van der Waals surface area contributed by atoms with Crippen molar-refractivity contribution in [2.45, 2.75) is 32.4 Å². The molecule has 90 valence electrons. The van der Waals surface area contributed by atoms with Gasteiger partial charge in [-0.2, -0.15) is 11.8 Å². The Labute approximate surface area is 97.7 Å². The second-order valence-electron chi connectivity index (χ2n) is 4.46. The Morgan fingerprint density at radius 1 is 1.60 bits per heavy atom. The molecule has 1 rings (SSSR count). The van der Waals surface area contributed by atoms with E-state index in [2.05, 4.69) is 18.7 Å². The summed E-state index contributed by atoms with van der Waals surface area (Å²) < 4.78 is 5.56. The zero-order chi connectivity index (χ0) is 11.3. The average Bonchev–Trinajstić information content (AvgIpc) is 2.26. The number of ether oxygens (including phenoxy) is 1. The largest absolute Gasteiger partial charge is 0.380 e. The highest BCUT2D eigenvalue weighted by Gasteiger charge is 2.35. The summed E-state index contributed by atoms with van der Waals surface area (Å²) in [7, 11) is 0. The summed E-state index contributed by atoms with van der Waals surface area (Å²) in [5.74, 6) is 2.42. The first-order valence-electron chi connectivity index (χ1n) is 5.76. The van der Waals surface area contributed by atoms with Crippen LogP contribution in [0.1, 0.15) is 20.8 Å². The molecule has 15 heavy (non-hydrogen) atoms. The van der Waals surface area contributed by atoms with Crippen LogP contribution in [0.4, 0.5) is 0 Å². The van der Waals surface area contributed by atoms with Crippen LogP contribution >= 0.6 is 11.8 Å². The molecule has 1 saturated heterocycles. The maximum absolute atomic E-state index is 5.91. The molecule has 0 aliphatic carbocycles. The van der Waals surface area contributed by atoms with Gasteiger partial charge in [0.2, 0.25) is 0 Å². The molecule has 0 spiro atoms. The minimum Gasteiger partial charge on any atom is -0.380 e. The lowest BCUT2D eigenvalue weighted by Crippen LogP contribution is -2.60. The summed E-state index contributed by atoms with van der Waals surface area (Å²) in [6.07, 6.45) is 0. The summed E-state index contributed by atoms with van der Waals surface area (Å²) >= 11 is 2.03. The van der Waals surface area contributed by atoms with Gasteiger partial charge in [-0.05, 0) is 20.8 Å². The van der Waals surface area contributed by atoms with Gasteiger partial charge in [0.15, 0.2) is 0 Å². The Hall–Kier alpha value is 0.230. The first kappa shape index (κ1) is 13.3. The number of nitrogens with zero attached hydrogens (tertiary/aromatic N) is 1. The summed E-state index contributed by atoms with van der Waals surface area (Å²) in [6, 6.07) is 0.609. The van der Waals surface area contributed by atoms with Crippen molar-refractivity contribution in [1.82, 2.24) is 4.90 Å². The molecular formula is C11H24N2OS. The fraction of sp³-hybridized carbons (Fsp3) is 1.00. The Morgan fingerprint density at radius 2 is 2.33 bits per heavy atom. The zero-order valence-electron chi connectivity index (χ0n) is 10.2. The highest BCUT2D eigenvalue weighted by molar-refractivity contribution is 7.99. The third-order valence-electron chi connectivity index (χ3n) is 3.12. The van der Waals surface area contributed by atoms with Crippen molar-refractivity contribution in [3.8, 4) is 0 Å². The van der Waals surface area contributed by atoms with E-state index >= 15 is 0 Å². The van der Waals surface area contributed by atoms with Crippen LogP contribution in [0.25, 0.3) is 0 Å². The van der Waals surface area contributed by atoms with Gasteiger partial charge in [-0.25, -0.2) is 0 Å². The van der Waals surface area contributed by atoms with E-state index in [9.17, 15) is 0 Å². The van der Waals surface area contributed by atoms with Crippen LogP contribution in [0.3, 0.4) is 0 Å². The van der Waals surface area contributed by atoms with Crippen LogP contribution in [0.15, 0.2) is 0 Å². The second kappa shape index (κ2) is 6.09. The average molecular weight is 232 g/mol. The van der Waals surface area contributed by atoms with Gasteiger partial charge < -0.3 is 10.5 Å². The van der Waals surface area contributed by atoms with Crippen molar-refractivity contribution >= 4 is 11.8 Å². The maximum atomic E-state index is 5.91. The number of nitrogens with two attached hydrogens (primary N) is 1. The molecule has 0 aromatic heterocycles. The predicted octanol–water partition coefficient (Wildman–Crippen LogP) is 1.18. The molecule has 1 aliphatic heterocycles. The quantitative estimate of drug-likeness (QED) is 0.772. The standard InChI is InChI=1S/C11H24N2OS/c1-4-14-9-11(3,8-12)13-5-6-15-7-10(13)2/h10H,4-9,12H2,1-3H3. The maximum Gasteiger partial charge on any atom is 0.0660 e. The molecule has 2 N–H and O–H groups in total. The van der Waals surface area contributed by atoms with Crippen molar-refractivity contribution in [1.29, 1.82) is 0 Å². The Balaban J connectivity index is 2.61. The molecule has 0 bridgehead atoms. The smallest absolute Gasteiger partial charge is 0.0660 e. The molecular weight excluding hydrogens is 208 g/mol. The van der Waals surface area contributed by atoms with Crippen LogP contribution in [0.2, 0.25) is 0 Å². The SMILES string of the molecule is CCOCC(C)(CN)N1CCSCC1C. The molecule has 1 fully saturated rings. The van der Waals surface area contributed by atoms with Crippen LogP contribution < -0.4 is 5.73 Å². The molecule has 0 aromatic carbocycles. The molecule has 0 saturated carbocycles. The summed E-state index contributed by atoms with van der Waals surface area (Å²) in [4.78, 5) is 2.51. The van der Waals surface area contributed by atoms with Crippen LogP contribution in [-0.2, 0) is 4.74 Å². The normalized spacial score (nSPS) is 27.6. The van der Waals surface area contributed by atoms with Crippen molar-refractivity contribution in [2.24, 2.45) is 5.73 Å². The Morgan fingerprint density at radius 3 is 2.87 bits per heavy atom. The molecule has 0 amide bonds. The molecule has 3 nitrogen and oxygen atoms in total. The van der Waals surface area contributed by atoms with Crippen LogP contribution in [-0.4, -0.2) is 54.3 Å². The van der Waals surface area contributed by atoms with E-state index in [0.717, 1.165) is 19.8 Å². The van der Waals surface area contributed by atoms with Crippen molar-refractivity contribution < 1.29 is 4.74 Å². The lowest BCUT2D eigenvalue weighted by atomic mass is 9.99. The summed E-state index contributed by atoms with van der Waals surface area (Å²) in [5.41, 5.74) is 5.92. The van der Waals surface area contributed by atoms with Gasteiger partial charge in [-0.1, -0.05) is 0 Å². The zero-order valence-corrected chi connectivity index (χ0v) is 11.0.